The summed E-state index contributed by atoms with van der Waals surface area (Å²) in [4.78, 5) is 29.1. The predicted molar refractivity (Wildman–Crippen MR) is 151 cm³/mol. The van der Waals surface area contributed by atoms with Crippen LogP contribution < -0.4 is 10.1 Å². The molecule has 1 aliphatic carbocycles. The fourth-order valence-electron chi connectivity index (χ4n) is 4.67. The highest BCUT2D eigenvalue weighted by Gasteiger charge is 2.32. The largest absolute Gasteiger partial charge is 0.482 e. The molecule has 3 aromatic carbocycles. The fourth-order valence-corrected chi connectivity index (χ4v) is 5.12. The van der Waals surface area contributed by atoms with Crippen LogP contribution in [0.1, 0.15) is 43.2 Å². The number of nitrogens with zero attached hydrogens (tertiary/aromatic N) is 1. The van der Waals surface area contributed by atoms with Crippen LogP contribution in [0.25, 0.3) is 0 Å². The minimum atomic E-state index is -0.685. The molecule has 0 spiro atoms. The van der Waals surface area contributed by atoms with Gasteiger partial charge in [-0.15, -0.1) is 0 Å². The summed E-state index contributed by atoms with van der Waals surface area (Å²) >= 11 is 9.71. The van der Waals surface area contributed by atoms with Crippen molar-refractivity contribution in [2.45, 2.75) is 57.2 Å². The first-order chi connectivity index (χ1) is 18.0. The molecule has 1 fully saturated rings. The van der Waals surface area contributed by atoms with E-state index in [9.17, 15) is 9.59 Å². The number of hydrogen-bond donors (Lipinski definition) is 1. The zero-order chi connectivity index (χ0) is 26.0. The first-order valence-electron chi connectivity index (χ1n) is 12.7. The summed E-state index contributed by atoms with van der Waals surface area (Å²) in [6, 6.07) is 24.1. The molecule has 1 aliphatic rings. The Hall–Kier alpha value is -2.83. The van der Waals surface area contributed by atoms with E-state index >= 15 is 0 Å². The van der Waals surface area contributed by atoms with Gasteiger partial charge in [-0.2, -0.15) is 0 Å². The zero-order valence-corrected chi connectivity index (χ0v) is 23.1. The molecule has 1 atom stereocenters. The number of para-hydroxylation sites is 1. The molecule has 0 bridgehead atoms. The van der Waals surface area contributed by atoms with E-state index in [2.05, 4.69) is 21.2 Å². The Kier molecular flexibility index (Phi) is 10.0. The van der Waals surface area contributed by atoms with Crippen molar-refractivity contribution in [2.75, 3.05) is 6.61 Å². The van der Waals surface area contributed by atoms with Crippen molar-refractivity contribution < 1.29 is 14.3 Å². The molecule has 0 aromatic heterocycles. The summed E-state index contributed by atoms with van der Waals surface area (Å²) in [5.41, 5.74) is 1.92. The number of rotatable bonds is 10. The number of carbonyl (C=O) groups excluding carboxylic acids is 2. The Bertz CT molecular complexity index is 1170. The lowest BCUT2D eigenvalue weighted by molar-refractivity contribution is -0.143. The minimum Gasteiger partial charge on any atom is -0.482 e. The normalized spacial score (nSPS) is 14.5. The number of ether oxygens (including phenoxy) is 1. The molecule has 0 saturated heterocycles. The fraction of sp³-hybridized carbons (Fsp3) is 0.333. The van der Waals surface area contributed by atoms with Crippen molar-refractivity contribution >= 4 is 39.3 Å². The van der Waals surface area contributed by atoms with Crippen LogP contribution in [-0.4, -0.2) is 35.4 Å². The lowest BCUT2D eigenvalue weighted by Gasteiger charge is -2.33. The van der Waals surface area contributed by atoms with Crippen LogP contribution in [0.5, 0.6) is 5.75 Å². The van der Waals surface area contributed by atoms with E-state index in [0.717, 1.165) is 41.3 Å². The molecule has 0 unspecified atom stereocenters. The lowest BCUT2D eigenvalue weighted by atomic mass is 9.94. The van der Waals surface area contributed by atoms with Gasteiger partial charge in [0.1, 0.15) is 11.8 Å². The summed E-state index contributed by atoms with van der Waals surface area (Å²) in [6.45, 7) is 0.0653. The highest BCUT2D eigenvalue weighted by atomic mass is 79.9. The molecule has 37 heavy (non-hydrogen) atoms. The van der Waals surface area contributed by atoms with Gasteiger partial charge in [-0.25, -0.2) is 0 Å². The molecule has 5 nitrogen and oxygen atoms in total. The third-order valence-electron chi connectivity index (χ3n) is 6.68. The zero-order valence-electron chi connectivity index (χ0n) is 20.7. The van der Waals surface area contributed by atoms with Crippen molar-refractivity contribution in [2.24, 2.45) is 0 Å². The van der Waals surface area contributed by atoms with Crippen molar-refractivity contribution in [3.05, 3.63) is 99.5 Å². The van der Waals surface area contributed by atoms with Crippen molar-refractivity contribution in [3.63, 3.8) is 0 Å². The average Bonchev–Trinajstić information content (AvgIpc) is 2.92. The van der Waals surface area contributed by atoms with Crippen molar-refractivity contribution in [3.8, 4) is 5.75 Å². The Morgan fingerprint density at radius 3 is 2.30 bits per heavy atom. The molecule has 0 radical (unpaired) electrons. The average molecular weight is 584 g/mol. The van der Waals surface area contributed by atoms with Crippen molar-refractivity contribution in [1.29, 1.82) is 0 Å². The quantitative estimate of drug-likeness (QED) is 0.294. The molecule has 4 rings (SSSR count). The predicted octanol–water partition coefficient (Wildman–Crippen LogP) is 6.57. The van der Waals surface area contributed by atoms with Gasteiger partial charge in [0, 0.05) is 23.5 Å². The second kappa shape index (κ2) is 13.6. The Balaban J connectivity index is 1.61. The minimum absolute atomic E-state index is 0.126. The van der Waals surface area contributed by atoms with Gasteiger partial charge in [-0.1, -0.05) is 101 Å². The topological polar surface area (TPSA) is 58.6 Å². The van der Waals surface area contributed by atoms with Gasteiger partial charge in [-0.05, 0) is 48.2 Å². The van der Waals surface area contributed by atoms with E-state index in [0.29, 0.717) is 17.2 Å². The summed E-state index contributed by atoms with van der Waals surface area (Å²) in [7, 11) is 0. The molecular weight excluding hydrogens is 552 g/mol. The molecule has 1 N–H and O–H groups in total. The Morgan fingerprint density at radius 2 is 1.59 bits per heavy atom. The Morgan fingerprint density at radius 1 is 0.919 bits per heavy atom. The second-order valence-corrected chi connectivity index (χ2v) is 10.7. The highest BCUT2D eigenvalue weighted by Crippen LogP contribution is 2.24. The molecule has 0 heterocycles. The van der Waals surface area contributed by atoms with Crippen LogP contribution in [0.2, 0.25) is 5.02 Å². The van der Waals surface area contributed by atoms with Gasteiger partial charge in [0.2, 0.25) is 5.91 Å². The number of amides is 2. The van der Waals surface area contributed by atoms with E-state index in [4.69, 9.17) is 16.3 Å². The summed E-state index contributed by atoms with van der Waals surface area (Å²) in [5, 5.41) is 3.69. The van der Waals surface area contributed by atoms with Gasteiger partial charge < -0.3 is 15.0 Å². The van der Waals surface area contributed by atoms with Crippen LogP contribution in [0, 0.1) is 0 Å². The van der Waals surface area contributed by atoms with Crippen LogP contribution in [0.4, 0.5) is 0 Å². The van der Waals surface area contributed by atoms with Crippen LogP contribution in [-0.2, 0) is 22.6 Å². The van der Waals surface area contributed by atoms with Gasteiger partial charge in [0.25, 0.3) is 5.91 Å². The molecule has 3 aromatic rings. The van der Waals surface area contributed by atoms with Crippen molar-refractivity contribution in [1.82, 2.24) is 10.2 Å². The molecule has 2 amide bonds. The maximum absolute atomic E-state index is 13.8. The standard InChI is InChI=1S/C30H32BrClN2O3/c31-24-17-15-23(16-18-24)20-34(29(35)21-37-28-14-8-7-13-26(28)32)27(19-22-9-3-1-4-10-22)30(36)33-25-11-5-2-6-12-25/h1,3-4,7-10,13-18,25,27H,2,5-6,11-12,19-21H2,(H,33,36)/t27-/m1/s1. The third-order valence-corrected chi connectivity index (χ3v) is 7.52. The smallest absolute Gasteiger partial charge is 0.261 e. The van der Waals surface area contributed by atoms with Gasteiger partial charge >= 0.3 is 0 Å². The number of benzene rings is 3. The van der Waals surface area contributed by atoms with E-state index in [-0.39, 0.29) is 31.0 Å². The van der Waals surface area contributed by atoms with Crippen LogP contribution >= 0.6 is 27.5 Å². The molecule has 1 saturated carbocycles. The SMILES string of the molecule is O=C(NC1CCCCC1)[C@@H](Cc1ccccc1)N(Cc1ccc(Br)cc1)C(=O)COc1ccccc1Cl. The van der Waals surface area contributed by atoms with Gasteiger partial charge in [-0.3, -0.25) is 9.59 Å². The van der Waals surface area contributed by atoms with Crippen LogP contribution in [0.3, 0.4) is 0 Å². The third kappa shape index (κ3) is 8.08. The first-order valence-corrected chi connectivity index (χ1v) is 13.9. The number of halogens is 2. The molecule has 194 valence electrons. The second-order valence-electron chi connectivity index (χ2n) is 9.42. The number of nitrogens with one attached hydrogen (secondary N) is 1. The van der Waals surface area contributed by atoms with Gasteiger partial charge in [0.15, 0.2) is 6.61 Å². The van der Waals surface area contributed by atoms with E-state index in [1.807, 2.05) is 60.7 Å². The first kappa shape index (κ1) is 27.2. The summed E-state index contributed by atoms with van der Waals surface area (Å²) in [5.74, 6) is 0.0360. The molecule has 7 heteroatoms. The summed E-state index contributed by atoms with van der Waals surface area (Å²) < 4.78 is 6.76. The maximum Gasteiger partial charge on any atom is 0.261 e. The van der Waals surface area contributed by atoms with E-state index < -0.39 is 6.04 Å². The van der Waals surface area contributed by atoms with Crippen LogP contribution in [0.15, 0.2) is 83.3 Å². The monoisotopic (exact) mass is 582 g/mol. The number of carbonyl (C=O) groups is 2. The highest BCUT2D eigenvalue weighted by molar-refractivity contribution is 9.10. The lowest BCUT2D eigenvalue weighted by Crippen LogP contribution is -2.53. The van der Waals surface area contributed by atoms with E-state index in [1.165, 1.54) is 6.42 Å². The Labute approximate surface area is 232 Å². The van der Waals surface area contributed by atoms with Gasteiger partial charge in [0.05, 0.1) is 5.02 Å². The maximum atomic E-state index is 13.8. The van der Waals surface area contributed by atoms with E-state index in [1.54, 1.807) is 23.1 Å². The molecular formula is C30H32BrClN2O3. The molecule has 0 aliphatic heterocycles. The number of hydrogen-bond acceptors (Lipinski definition) is 3. The summed E-state index contributed by atoms with van der Waals surface area (Å²) in [6.07, 6.45) is 5.78.